The molecule has 31 heavy (non-hydrogen) atoms. The van der Waals surface area contributed by atoms with Crippen LogP contribution in [-0.2, 0) is 14.4 Å². The number of hydrogen-bond donors (Lipinski definition) is 2. The molecule has 1 saturated carbocycles. The number of aromatic nitrogens is 2. The third kappa shape index (κ3) is 5.08. The highest BCUT2D eigenvalue weighted by Crippen LogP contribution is 2.35. The average Bonchev–Trinajstić information content (AvgIpc) is 3.31. The SMILES string of the molecule is CC(C)C(NC(=O)[C@H](NC(=O)c1cnccn1)C(C)C)C(=O)N1C[C@H]2CCC(=O)[C@H]2C1. The van der Waals surface area contributed by atoms with E-state index in [1.807, 2.05) is 27.7 Å². The first-order chi connectivity index (χ1) is 14.7. The lowest BCUT2D eigenvalue weighted by Gasteiger charge is -2.30. The van der Waals surface area contributed by atoms with E-state index in [-0.39, 0.29) is 41.1 Å². The molecule has 2 N–H and O–H groups in total. The predicted molar refractivity (Wildman–Crippen MR) is 113 cm³/mol. The van der Waals surface area contributed by atoms with Gasteiger partial charge in [0.2, 0.25) is 11.8 Å². The van der Waals surface area contributed by atoms with Crippen molar-refractivity contribution in [1.82, 2.24) is 25.5 Å². The Morgan fingerprint density at radius 3 is 2.32 bits per heavy atom. The van der Waals surface area contributed by atoms with Gasteiger partial charge >= 0.3 is 0 Å². The lowest BCUT2D eigenvalue weighted by atomic mass is 9.99. The van der Waals surface area contributed by atoms with Crippen molar-refractivity contribution >= 4 is 23.5 Å². The number of carbonyl (C=O) groups excluding carboxylic acids is 4. The van der Waals surface area contributed by atoms with Crippen LogP contribution in [0, 0.1) is 23.7 Å². The van der Waals surface area contributed by atoms with Crippen LogP contribution in [0.25, 0.3) is 0 Å². The summed E-state index contributed by atoms with van der Waals surface area (Å²) < 4.78 is 0. The van der Waals surface area contributed by atoms with Crippen LogP contribution < -0.4 is 10.6 Å². The second-order valence-electron chi connectivity index (χ2n) is 9.13. The van der Waals surface area contributed by atoms with Crippen molar-refractivity contribution in [2.75, 3.05) is 13.1 Å². The van der Waals surface area contributed by atoms with Crippen molar-refractivity contribution in [3.63, 3.8) is 0 Å². The van der Waals surface area contributed by atoms with Crippen LogP contribution in [-0.4, -0.2) is 63.5 Å². The highest BCUT2D eigenvalue weighted by Gasteiger charge is 2.45. The van der Waals surface area contributed by atoms with Gasteiger partial charge in [-0.3, -0.25) is 24.2 Å². The van der Waals surface area contributed by atoms with E-state index in [9.17, 15) is 19.2 Å². The molecular formula is C22H31N5O4. The van der Waals surface area contributed by atoms with Gasteiger partial charge in [0, 0.05) is 37.8 Å². The summed E-state index contributed by atoms with van der Waals surface area (Å²) in [5.74, 6) is -1.04. The number of nitrogens with one attached hydrogen (secondary N) is 2. The number of Topliss-reactive ketones (excluding diaryl/α,β-unsaturated/α-hetero) is 1. The van der Waals surface area contributed by atoms with Gasteiger partial charge in [0.15, 0.2) is 0 Å². The minimum atomic E-state index is -0.830. The van der Waals surface area contributed by atoms with Gasteiger partial charge in [-0.1, -0.05) is 27.7 Å². The highest BCUT2D eigenvalue weighted by molar-refractivity contribution is 5.97. The molecule has 0 radical (unpaired) electrons. The standard InChI is InChI=1S/C22H31N5O4/c1-12(2)18(25-20(29)16-9-23-7-8-24-16)21(30)26-19(13(3)4)22(31)27-10-14-5-6-17(28)15(14)11-27/h7-9,12-15,18-19H,5-6,10-11H2,1-4H3,(H,25,29)(H,26,30)/t14-,15+,18-,19?/m1/s1. The van der Waals surface area contributed by atoms with Gasteiger partial charge in [-0.05, 0) is 24.2 Å². The second kappa shape index (κ2) is 9.53. The van der Waals surface area contributed by atoms with Gasteiger partial charge in [-0.15, -0.1) is 0 Å². The largest absolute Gasteiger partial charge is 0.342 e. The van der Waals surface area contributed by atoms with E-state index in [1.165, 1.54) is 18.6 Å². The minimum absolute atomic E-state index is 0.0675. The Balaban J connectivity index is 1.67. The molecule has 4 atom stereocenters. The Morgan fingerprint density at radius 1 is 1.03 bits per heavy atom. The third-order valence-corrected chi connectivity index (χ3v) is 6.19. The molecule has 9 heteroatoms. The molecule has 0 bridgehead atoms. The molecule has 3 rings (SSSR count). The number of likely N-dealkylation sites (tertiary alicyclic amines) is 1. The Morgan fingerprint density at radius 2 is 1.74 bits per heavy atom. The Hall–Kier alpha value is -2.84. The van der Waals surface area contributed by atoms with Crippen LogP contribution in [0.3, 0.4) is 0 Å². The van der Waals surface area contributed by atoms with Crippen LogP contribution in [0.4, 0.5) is 0 Å². The van der Waals surface area contributed by atoms with Gasteiger partial charge in [0.05, 0.1) is 6.20 Å². The van der Waals surface area contributed by atoms with Gasteiger partial charge in [0.1, 0.15) is 23.6 Å². The van der Waals surface area contributed by atoms with Crippen LogP contribution >= 0.6 is 0 Å². The van der Waals surface area contributed by atoms with E-state index in [0.29, 0.717) is 19.5 Å². The molecule has 3 amide bonds. The maximum Gasteiger partial charge on any atom is 0.272 e. The molecule has 1 aromatic rings. The number of fused-ring (bicyclic) bond motifs is 1. The minimum Gasteiger partial charge on any atom is -0.342 e. The van der Waals surface area contributed by atoms with Crippen molar-refractivity contribution in [2.24, 2.45) is 23.7 Å². The summed E-state index contributed by atoms with van der Waals surface area (Å²) in [5, 5.41) is 5.54. The maximum atomic E-state index is 13.2. The molecule has 1 unspecified atom stereocenters. The van der Waals surface area contributed by atoms with E-state index in [4.69, 9.17) is 0 Å². The quantitative estimate of drug-likeness (QED) is 0.662. The van der Waals surface area contributed by atoms with Gasteiger partial charge in [0.25, 0.3) is 5.91 Å². The summed E-state index contributed by atoms with van der Waals surface area (Å²) in [6.45, 7) is 8.37. The van der Waals surface area contributed by atoms with Crippen LogP contribution in [0.5, 0.6) is 0 Å². The zero-order chi connectivity index (χ0) is 22.7. The first-order valence-electron chi connectivity index (χ1n) is 10.9. The van der Waals surface area contributed by atoms with Crippen molar-refractivity contribution in [1.29, 1.82) is 0 Å². The van der Waals surface area contributed by atoms with Gasteiger partial charge in [-0.25, -0.2) is 4.98 Å². The van der Waals surface area contributed by atoms with Crippen LogP contribution in [0.15, 0.2) is 18.6 Å². The smallest absolute Gasteiger partial charge is 0.272 e. The van der Waals surface area contributed by atoms with Crippen molar-refractivity contribution < 1.29 is 19.2 Å². The summed E-state index contributed by atoms with van der Waals surface area (Å²) >= 11 is 0. The average molecular weight is 430 g/mol. The normalized spacial score (nSPS) is 22.4. The summed E-state index contributed by atoms with van der Waals surface area (Å²) in [6, 6.07) is -1.56. The first-order valence-corrected chi connectivity index (χ1v) is 10.9. The van der Waals surface area contributed by atoms with Crippen molar-refractivity contribution in [2.45, 2.75) is 52.6 Å². The molecule has 168 valence electrons. The molecule has 1 saturated heterocycles. The van der Waals surface area contributed by atoms with E-state index < -0.39 is 23.9 Å². The van der Waals surface area contributed by atoms with E-state index in [0.717, 1.165) is 6.42 Å². The fraction of sp³-hybridized carbons (Fsp3) is 0.636. The van der Waals surface area contributed by atoms with E-state index in [2.05, 4.69) is 20.6 Å². The summed E-state index contributed by atoms with van der Waals surface area (Å²) in [5.41, 5.74) is 0.116. The first kappa shape index (κ1) is 22.8. The number of carbonyl (C=O) groups is 4. The lowest BCUT2D eigenvalue weighted by molar-refractivity contribution is -0.138. The Kier molecular flexibility index (Phi) is 7.02. The van der Waals surface area contributed by atoms with Gasteiger partial charge < -0.3 is 15.5 Å². The molecule has 9 nitrogen and oxygen atoms in total. The zero-order valence-corrected chi connectivity index (χ0v) is 18.5. The molecule has 2 aliphatic rings. The Bertz CT molecular complexity index is 842. The molecule has 0 spiro atoms. The molecular weight excluding hydrogens is 398 g/mol. The summed E-state index contributed by atoms with van der Waals surface area (Å²) in [6.07, 6.45) is 5.63. The monoisotopic (exact) mass is 429 g/mol. The molecule has 2 heterocycles. The molecule has 1 aliphatic carbocycles. The summed E-state index contributed by atoms with van der Waals surface area (Å²) in [4.78, 5) is 60.3. The molecule has 2 fully saturated rings. The number of amides is 3. The van der Waals surface area contributed by atoms with Crippen molar-refractivity contribution in [3.05, 3.63) is 24.3 Å². The number of ketones is 1. The predicted octanol–water partition coefficient (Wildman–Crippen LogP) is 0.809. The number of hydrogen-bond acceptors (Lipinski definition) is 6. The fourth-order valence-electron chi connectivity index (χ4n) is 4.34. The molecule has 1 aromatic heterocycles. The number of nitrogens with zero attached hydrogens (tertiary/aromatic N) is 3. The second-order valence-corrected chi connectivity index (χ2v) is 9.13. The molecule has 0 aromatic carbocycles. The Labute approximate surface area is 182 Å². The van der Waals surface area contributed by atoms with Crippen LogP contribution in [0.1, 0.15) is 51.0 Å². The third-order valence-electron chi connectivity index (χ3n) is 6.19. The van der Waals surface area contributed by atoms with E-state index in [1.54, 1.807) is 4.90 Å². The zero-order valence-electron chi connectivity index (χ0n) is 18.5. The highest BCUT2D eigenvalue weighted by atomic mass is 16.2. The molecule has 1 aliphatic heterocycles. The van der Waals surface area contributed by atoms with Crippen LogP contribution in [0.2, 0.25) is 0 Å². The summed E-state index contributed by atoms with van der Waals surface area (Å²) in [7, 11) is 0. The van der Waals surface area contributed by atoms with Gasteiger partial charge in [-0.2, -0.15) is 0 Å². The van der Waals surface area contributed by atoms with Crippen molar-refractivity contribution in [3.8, 4) is 0 Å². The topological polar surface area (TPSA) is 121 Å². The lowest BCUT2D eigenvalue weighted by Crippen LogP contribution is -2.57. The number of rotatable bonds is 7. The maximum absolute atomic E-state index is 13.2. The van der Waals surface area contributed by atoms with E-state index >= 15 is 0 Å². The fourth-order valence-corrected chi connectivity index (χ4v) is 4.34.